The number of aromatic amines is 1. The number of aliphatic hydroxyl groups is 2. The van der Waals surface area contributed by atoms with Crippen molar-refractivity contribution >= 4 is 34.5 Å². The minimum Gasteiger partial charge on any atom is -0.477 e. The van der Waals surface area contributed by atoms with E-state index in [0.29, 0.717) is 29.3 Å². The van der Waals surface area contributed by atoms with Crippen molar-refractivity contribution in [2.24, 2.45) is 0 Å². The van der Waals surface area contributed by atoms with Crippen LogP contribution in [0.2, 0.25) is 0 Å². The quantitative estimate of drug-likeness (QED) is 0.365. The summed E-state index contributed by atoms with van der Waals surface area (Å²) >= 11 is 0. The van der Waals surface area contributed by atoms with Crippen molar-refractivity contribution in [3.05, 3.63) is 36.3 Å². The molecule has 0 aromatic carbocycles. The lowest BCUT2D eigenvalue weighted by Crippen LogP contribution is -2.49. The summed E-state index contributed by atoms with van der Waals surface area (Å²) < 4.78 is 0. The highest BCUT2D eigenvalue weighted by molar-refractivity contribution is 5.92. The van der Waals surface area contributed by atoms with Gasteiger partial charge in [-0.2, -0.15) is 4.98 Å². The van der Waals surface area contributed by atoms with E-state index in [9.17, 15) is 9.90 Å². The van der Waals surface area contributed by atoms with Crippen molar-refractivity contribution in [2.75, 3.05) is 49.5 Å². The van der Waals surface area contributed by atoms with Crippen LogP contribution in [-0.4, -0.2) is 91.6 Å². The Morgan fingerprint density at radius 1 is 1.20 bits per heavy atom. The zero-order valence-electron chi connectivity index (χ0n) is 16.2. The third-order valence-corrected chi connectivity index (χ3v) is 5.01. The molecule has 3 aromatic heterocycles. The molecular formula is C19H23N7O4. The van der Waals surface area contributed by atoms with E-state index in [0.717, 1.165) is 31.9 Å². The maximum atomic E-state index is 11.1. The lowest BCUT2D eigenvalue weighted by atomic mass is 10.2. The van der Waals surface area contributed by atoms with Gasteiger partial charge in [-0.3, -0.25) is 4.90 Å². The molecule has 1 aliphatic rings. The molecule has 3 aromatic rings. The molecule has 4 rings (SSSR count). The monoisotopic (exact) mass is 413 g/mol. The van der Waals surface area contributed by atoms with Crippen LogP contribution in [0, 0.1) is 0 Å². The number of hydrogen-bond donors (Lipinski definition) is 5. The van der Waals surface area contributed by atoms with Crippen molar-refractivity contribution in [3.63, 3.8) is 0 Å². The fourth-order valence-electron chi connectivity index (χ4n) is 3.40. The number of carboxylic acid groups (broad SMARTS) is 1. The maximum absolute atomic E-state index is 11.1. The third kappa shape index (κ3) is 4.48. The van der Waals surface area contributed by atoms with Gasteiger partial charge < -0.3 is 30.5 Å². The van der Waals surface area contributed by atoms with Crippen LogP contribution in [0.1, 0.15) is 10.5 Å². The van der Waals surface area contributed by atoms with Crippen molar-refractivity contribution in [2.45, 2.75) is 6.10 Å². The number of nitrogens with one attached hydrogen (secondary N) is 2. The summed E-state index contributed by atoms with van der Waals surface area (Å²) in [6.07, 6.45) is 2.62. The molecule has 0 radical (unpaired) electrons. The van der Waals surface area contributed by atoms with Gasteiger partial charge >= 0.3 is 5.97 Å². The topological polar surface area (TPSA) is 151 Å². The fraction of sp³-hybridized carbons (Fsp3) is 0.368. The number of hydrogen-bond acceptors (Lipinski definition) is 9. The second-order valence-corrected chi connectivity index (χ2v) is 7.14. The molecule has 1 saturated heterocycles. The summed E-state index contributed by atoms with van der Waals surface area (Å²) in [7, 11) is 0. The number of rotatable bonds is 7. The highest BCUT2D eigenvalue weighted by Crippen LogP contribution is 2.20. The Balaban J connectivity index is 1.37. The first-order valence-corrected chi connectivity index (χ1v) is 9.60. The van der Waals surface area contributed by atoms with Gasteiger partial charge in [0, 0.05) is 44.3 Å². The zero-order valence-corrected chi connectivity index (χ0v) is 16.2. The van der Waals surface area contributed by atoms with Gasteiger partial charge in [0.25, 0.3) is 0 Å². The molecule has 0 aliphatic carbocycles. The number of aliphatic hydroxyl groups excluding tert-OH is 2. The molecule has 1 atom stereocenters. The van der Waals surface area contributed by atoms with Crippen LogP contribution >= 0.6 is 0 Å². The van der Waals surface area contributed by atoms with Crippen molar-refractivity contribution in [1.82, 2.24) is 24.8 Å². The lowest BCUT2D eigenvalue weighted by Gasteiger charge is -2.36. The molecule has 11 nitrogen and oxygen atoms in total. The van der Waals surface area contributed by atoms with E-state index in [-0.39, 0.29) is 12.3 Å². The molecule has 0 amide bonds. The second kappa shape index (κ2) is 8.61. The van der Waals surface area contributed by atoms with E-state index in [1.165, 1.54) is 6.07 Å². The first-order chi connectivity index (χ1) is 14.5. The average Bonchev–Trinajstić information content (AvgIpc) is 3.19. The highest BCUT2D eigenvalue weighted by Gasteiger charge is 2.19. The van der Waals surface area contributed by atoms with Gasteiger partial charge in [0.2, 0.25) is 5.95 Å². The number of β-amino-alcohol motifs (C(OH)–C–C–N with tert-alkyl or cyclic N) is 1. The Labute approximate surface area is 172 Å². The van der Waals surface area contributed by atoms with Crippen LogP contribution in [0.3, 0.4) is 0 Å². The second-order valence-electron chi connectivity index (χ2n) is 7.14. The summed E-state index contributed by atoms with van der Waals surface area (Å²) in [5.41, 5.74) is 1.49. The number of nitrogens with zero attached hydrogens (tertiary/aromatic N) is 5. The number of piperazine rings is 1. The van der Waals surface area contributed by atoms with E-state index in [2.05, 4.69) is 35.1 Å². The summed E-state index contributed by atoms with van der Waals surface area (Å²) in [6.45, 7) is 3.49. The number of aromatic nitrogens is 4. The number of pyridine rings is 1. The van der Waals surface area contributed by atoms with Gasteiger partial charge in [-0.25, -0.2) is 14.8 Å². The van der Waals surface area contributed by atoms with Gasteiger partial charge in [-0.05, 0) is 18.2 Å². The molecule has 30 heavy (non-hydrogen) atoms. The van der Waals surface area contributed by atoms with E-state index in [1.54, 1.807) is 12.4 Å². The largest absolute Gasteiger partial charge is 0.477 e. The van der Waals surface area contributed by atoms with E-state index in [1.807, 2.05) is 12.1 Å². The van der Waals surface area contributed by atoms with Crippen LogP contribution in [0.15, 0.2) is 30.6 Å². The zero-order chi connectivity index (χ0) is 21.1. The summed E-state index contributed by atoms with van der Waals surface area (Å²) in [5.74, 6) is -0.157. The van der Waals surface area contributed by atoms with Crippen LogP contribution in [0.4, 0.5) is 17.5 Å². The van der Waals surface area contributed by atoms with Crippen LogP contribution < -0.4 is 10.2 Å². The summed E-state index contributed by atoms with van der Waals surface area (Å²) in [6, 6.07) is 5.28. The average molecular weight is 413 g/mol. The van der Waals surface area contributed by atoms with E-state index in [4.69, 9.17) is 10.2 Å². The van der Waals surface area contributed by atoms with Gasteiger partial charge in [0.15, 0.2) is 0 Å². The normalized spacial score (nSPS) is 16.0. The molecular weight excluding hydrogens is 390 g/mol. The molecule has 158 valence electrons. The molecule has 0 unspecified atom stereocenters. The van der Waals surface area contributed by atoms with Gasteiger partial charge in [-0.15, -0.1) is 0 Å². The SMILES string of the molecule is O=C(O)c1cc2cnc(Nc3ccc(N4CCN(C[C@@H](O)CO)CC4)cn3)nc2[nH]1. The summed E-state index contributed by atoms with van der Waals surface area (Å²) in [4.78, 5) is 31.0. The molecule has 0 saturated carbocycles. The van der Waals surface area contributed by atoms with Crippen LogP contribution in [0.25, 0.3) is 11.0 Å². The minimum atomic E-state index is -1.05. The van der Waals surface area contributed by atoms with Gasteiger partial charge in [0.05, 0.1) is 24.6 Å². The molecule has 1 aliphatic heterocycles. The van der Waals surface area contributed by atoms with Crippen molar-refractivity contribution < 1.29 is 20.1 Å². The molecule has 0 spiro atoms. The maximum Gasteiger partial charge on any atom is 0.352 e. The fourth-order valence-corrected chi connectivity index (χ4v) is 3.40. The Morgan fingerprint density at radius 2 is 2.00 bits per heavy atom. The summed E-state index contributed by atoms with van der Waals surface area (Å²) in [5, 5.41) is 31.2. The third-order valence-electron chi connectivity index (χ3n) is 5.01. The van der Waals surface area contributed by atoms with E-state index >= 15 is 0 Å². The molecule has 11 heteroatoms. The van der Waals surface area contributed by atoms with Crippen molar-refractivity contribution in [3.8, 4) is 0 Å². The predicted octanol–water partition coefficient (Wildman–Crippen LogP) is 0.270. The number of H-pyrrole nitrogens is 1. The van der Waals surface area contributed by atoms with Crippen LogP contribution in [-0.2, 0) is 0 Å². The minimum absolute atomic E-state index is 0.0601. The number of fused-ring (bicyclic) bond motifs is 1. The smallest absolute Gasteiger partial charge is 0.352 e. The predicted molar refractivity (Wildman–Crippen MR) is 110 cm³/mol. The molecule has 5 N–H and O–H groups in total. The molecule has 4 heterocycles. The Kier molecular flexibility index (Phi) is 5.74. The number of anilines is 3. The van der Waals surface area contributed by atoms with E-state index < -0.39 is 12.1 Å². The Hall–Kier alpha value is -3.28. The first-order valence-electron chi connectivity index (χ1n) is 9.60. The lowest BCUT2D eigenvalue weighted by molar-refractivity contribution is 0.0575. The van der Waals surface area contributed by atoms with Crippen LogP contribution in [0.5, 0.6) is 0 Å². The number of aromatic carboxylic acids is 1. The number of carbonyl (C=O) groups is 1. The first kappa shape index (κ1) is 20.0. The van der Waals surface area contributed by atoms with Crippen molar-refractivity contribution in [1.29, 1.82) is 0 Å². The molecule has 0 bridgehead atoms. The number of carboxylic acids is 1. The Morgan fingerprint density at radius 3 is 2.67 bits per heavy atom. The molecule has 1 fully saturated rings. The Bertz CT molecular complexity index is 1020. The highest BCUT2D eigenvalue weighted by atomic mass is 16.4. The van der Waals surface area contributed by atoms with Gasteiger partial charge in [-0.1, -0.05) is 0 Å². The standard InChI is InChI=1S/C19H23N7O4/c27-11-14(28)10-25-3-5-26(6-4-25)13-1-2-16(20-9-13)23-19-21-8-12-7-15(18(29)30)22-17(12)24-19/h1-2,7-9,14,27-28H,3-6,10-11H2,(H,29,30)(H2,20,21,22,23,24)/t14-/m1/s1. The van der Waals surface area contributed by atoms with Gasteiger partial charge in [0.1, 0.15) is 17.2 Å².